The smallest absolute Gasteiger partial charge is 0.156 e. The highest BCUT2D eigenvalue weighted by Crippen LogP contribution is 2.31. The molecule has 0 spiro atoms. The molecule has 0 bridgehead atoms. The van der Waals surface area contributed by atoms with E-state index in [9.17, 15) is 4.79 Å². The van der Waals surface area contributed by atoms with Crippen LogP contribution in [0.15, 0.2) is 6.33 Å². The van der Waals surface area contributed by atoms with E-state index in [1.54, 1.807) is 0 Å². The molecule has 98 valence electrons. The summed E-state index contributed by atoms with van der Waals surface area (Å²) in [6.45, 7) is 2.25. The molecule has 0 N–H and O–H groups in total. The lowest BCUT2D eigenvalue weighted by Gasteiger charge is -2.37. The highest BCUT2D eigenvalue weighted by molar-refractivity contribution is 6.32. The summed E-state index contributed by atoms with van der Waals surface area (Å²) in [6, 6.07) is 0.420. The Kier molecular flexibility index (Phi) is 4.17. The number of carbonyl (C=O) groups excluding carboxylic acids is 1. The summed E-state index contributed by atoms with van der Waals surface area (Å²) in [5, 5.41) is 0.227. The number of halogens is 1. The maximum Gasteiger partial charge on any atom is 0.156 e. The van der Waals surface area contributed by atoms with Gasteiger partial charge in [0.15, 0.2) is 6.29 Å². The Labute approximate surface area is 112 Å². The number of hydrogen-bond acceptors (Lipinski definition) is 4. The largest absolute Gasteiger partial charge is 0.356 e. The van der Waals surface area contributed by atoms with Crippen molar-refractivity contribution in [1.82, 2.24) is 9.97 Å². The molecule has 0 aromatic carbocycles. The van der Waals surface area contributed by atoms with Crippen molar-refractivity contribution in [1.29, 1.82) is 0 Å². The zero-order valence-corrected chi connectivity index (χ0v) is 11.5. The van der Waals surface area contributed by atoms with Crippen molar-refractivity contribution in [3.63, 3.8) is 0 Å². The molecule has 1 saturated carbocycles. The Bertz CT molecular complexity index is 438. The minimum absolute atomic E-state index is 0.227. The van der Waals surface area contributed by atoms with Crippen molar-refractivity contribution >= 4 is 23.7 Å². The molecule has 2 atom stereocenters. The maximum absolute atomic E-state index is 11.1. The molecule has 2 unspecified atom stereocenters. The van der Waals surface area contributed by atoms with Gasteiger partial charge in [-0.3, -0.25) is 4.79 Å². The third kappa shape index (κ3) is 2.48. The normalized spacial score (nSPS) is 23.7. The second kappa shape index (κ2) is 5.65. The molecule has 0 saturated heterocycles. The van der Waals surface area contributed by atoms with Crippen LogP contribution in [0.4, 0.5) is 5.82 Å². The topological polar surface area (TPSA) is 46.1 Å². The van der Waals surface area contributed by atoms with E-state index in [-0.39, 0.29) is 5.15 Å². The fraction of sp³-hybridized carbons (Fsp3) is 0.615. The van der Waals surface area contributed by atoms with E-state index in [0.29, 0.717) is 23.3 Å². The summed E-state index contributed by atoms with van der Waals surface area (Å²) in [7, 11) is 1.98. The number of anilines is 1. The first-order valence-electron chi connectivity index (χ1n) is 6.33. The molecule has 1 aliphatic carbocycles. The third-order valence-corrected chi connectivity index (χ3v) is 4.13. The molecule has 0 radical (unpaired) electrons. The third-order valence-electron chi connectivity index (χ3n) is 3.83. The van der Waals surface area contributed by atoms with Crippen LogP contribution in [0.3, 0.4) is 0 Å². The van der Waals surface area contributed by atoms with Gasteiger partial charge in [0.2, 0.25) is 0 Å². The number of aromatic nitrogens is 2. The van der Waals surface area contributed by atoms with Crippen molar-refractivity contribution in [2.75, 3.05) is 11.9 Å². The molecule has 1 aromatic rings. The number of aldehydes is 1. The van der Waals surface area contributed by atoms with E-state index >= 15 is 0 Å². The second-order valence-corrected chi connectivity index (χ2v) is 5.32. The van der Waals surface area contributed by atoms with Crippen molar-refractivity contribution < 1.29 is 4.79 Å². The minimum Gasteiger partial charge on any atom is -0.356 e. The number of carbonyl (C=O) groups is 1. The lowest BCUT2D eigenvalue weighted by Crippen LogP contribution is -2.40. The molecule has 0 amide bonds. The lowest BCUT2D eigenvalue weighted by atomic mass is 9.85. The quantitative estimate of drug-likeness (QED) is 0.624. The van der Waals surface area contributed by atoms with Crippen LogP contribution in [0.1, 0.15) is 43.0 Å². The van der Waals surface area contributed by atoms with E-state index in [2.05, 4.69) is 21.8 Å². The highest BCUT2D eigenvalue weighted by Gasteiger charge is 2.27. The Morgan fingerprint density at radius 2 is 2.11 bits per heavy atom. The van der Waals surface area contributed by atoms with Crippen molar-refractivity contribution in [2.45, 2.75) is 38.6 Å². The molecule has 1 heterocycles. The van der Waals surface area contributed by atoms with Crippen LogP contribution in [0.2, 0.25) is 5.15 Å². The van der Waals surface area contributed by atoms with Crippen LogP contribution in [-0.2, 0) is 0 Å². The van der Waals surface area contributed by atoms with Crippen molar-refractivity contribution in [3.05, 3.63) is 17.0 Å². The van der Waals surface area contributed by atoms with Crippen LogP contribution in [0.25, 0.3) is 0 Å². The van der Waals surface area contributed by atoms with Crippen LogP contribution < -0.4 is 4.90 Å². The molecule has 1 aliphatic rings. The van der Waals surface area contributed by atoms with Gasteiger partial charge in [-0.15, -0.1) is 0 Å². The molecule has 4 nitrogen and oxygen atoms in total. The fourth-order valence-corrected chi connectivity index (χ4v) is 2.95. The van der Waals surface area contributed by atoms with Gasteiger partial charge in [0, 0.05) is 13.1 Å². The summed E-state index contributed by atoms with van der Waals surface area (Å²) in [5.41, 5.74) is 0.388. The van der Waals surface area contributed by atoms with Gasteiger partial charge in [-0.25, -0.2) is 9.97 Å². The molecular weight excluding hydrogens is 250 g/mol. The SMILES string of the molecule is CC1CCCCC1N(C)c1ncnc(Cl)c1C=O. The van der Waals surface area contributed by atoms with Gasteiger partial charge < -0.3 is 4.90 Å². The molecule has 1 aromatic heterocycles. The van der Waals surface area contributed by atoms with Gasteiger partial charge in [0.05, 0.1) is 5.56 Å². The van der Waals surface area contributed by atoms with Crippen LogP contribution in [0, 0.1) is 5.92 Å². The number of rotatable bonds is 3. The first kappa shape index (κ1) is 13.3. The van der Waals surface area contributed by atoms with E-state index < -0.39 is 0 Å². The molecule has 1 fully saturated rings. The van der Waals surface area contributed by atoms with Gasteiger partial charge in [0.1, 0.15) is 17.3 Å². The number of hydrogen-bond donors (Lipinski definition) is 0. The first-order chi connectivity index (χ1) is 8.65. The maximum atomic E-state index is 11.1. The Morgan fingerprint density at radius 3 is 2.78 bits per heavy atom. The van der Waals surface area contributed by atoms with E-state index in [1.807, 2.05) is 7.05 Å². The summed E-state index contributed by atoms with van der Waals surface area (Å²) >= 11 is 5.94. The average Bonchev–Trinajstić information content (AvgIpc) is 2.38. The molecular formula is C13H18ClN3O. The standard InChI is InChI=1S/C13H18ClN3O/c1-9-5-3-4-6-11(9)17(2)13-10(7-18)12(14)15-8-16-13/h7-9,11H,3-6H2,1-2H3. The predicted molar refractivity (Wildman–Crippen MR) is 72.3 cm³/mol. The van der Waals surface area contributed by atoms with Gasteiger partial charge in [0.25, 0.3) is 0 Å². The Morgan fingerprint density at radius 1 is 1.39 bits per heavy atom. The summed E-state index contributed by atoms with van der Waals surface area (Å²) < 4.78 is 0. The summed E-state index contributed by atoms with van der Waals surface area (Å²) in [4.78, 5) is 21.3. The van der Waals surface area contributed by atoms with Crippen LogP contribution in [-0.4, -0.2) is 29.3 Å². The molecule has 0 aliphatic heterocycles. The molecule has 18 heavy (non-hydrogen) atoms. The second-order valence-electron chi connectivity index (χ2n) is 4.96. The first-order valence-corrected chi connectivity index (χ1v) is 6.71. The minimum atomic E-state index is 0.227. The summed E-state index contributed by atoms with van der Waals surface area (Å²) in [6.07, 6.45) is 7.03. The Hall–Kier alpha value is -1.16. The van der Waals surface area contributed by atoms with Crippen LogP contribution >= 0.6 is 11.6 Å². The monoisotopic (exact) mass is 267 g/mol. The van der Waals surface area contributed by atoms with Gasteiger partial charge in [-0.05, 0) is 18.8 Å². The average molecular weight is 268 g/mol. The fourth-order valence-electron chi connectivity index (χ4n) is 2.78. The summed E-state index contributed by atoms with van der Waals surface area (Å²) in [5.74, 6) is 1.25. The van der Waals surface area contributed by atoms with Gasteiger partial charge in [-0.2, -0.15) is 0 Å². The molecule has 2 rings (SSSR count). The zero-order valence-electron chi connectivity index (χ0n) is 10.8. The van der Waals surface area contributed by atoms with E-state index in [0.717, 1.165) is 12.7 Å². The van der Waals surface area contributed by atoms with Crippen molar-refractivity contribution in [3.8, 4) is 0 Å². The van der Waals surface area contributed by atoms with E-state index in [4.69, 9.17) is 11.6 Å². The van der Waals surface area contributed by atoms with Crippen molar-refractivity contribution in [2.24, 2.45) is 5.92 Å². The predicted octanol–water partition coefficient (Wildman–Crippen LogP) is 2.96. The van der Waals surface area contributed by atoms with Gasteiger partial charge in [-0.1, -0.05) is 31.4 Å². The van der Waals surface area contributed by atoms with Gasteiger partial charge >= 0.3 is 0 Å². The number of nitrogens with zero attached hydrogens (tertiary/aromatic N) is 3. The molecule has 5 heteroatoms. The zero-order chi connectivity index (χ0) is 13.1. The highest BCUT2D eigenvalue weighted by atomic mass is 35.5. The van der Waals surface area contributed by atoms with Crippen LogP contribution in [0.5, 0.6) is 0 Å². The Balaban J connectivity index is 2.30. The lowest BCUT2D eigenvalue weighted by molar-refractivity contribution is 0.112. The van der Waals surface area contributed by atoms with E-state index in [1.165, 1.54) is 25.6 Å².